The molecule has 2 aromatic carbocycles. The second-order valence-corrected chi connectivity index (χ2v) is 7.67. The first-order valence-corrected chi connectivity index (χ1v) is 10.5. The van der Waals surface area contributed by atoms with Crippen molar-refractivity contribution in [3.63, 3.8) is 0 Å². The molecule has 0 unspecified atom stereocenters. The van der Waals surface area contributed by atoms with Gasteiger partial charge in [0.25, 0.3) is 11.5 Å². The predicted octanol–water partition coefficient (Wildman–Crippen LogP) is 3.34. The first kappa shape index (κ1) is 21.5. The number of carbonyl (C=O) groups excluding carboxylic acids is 1. The number of carbonyl (C=O) groups is 1. The molecule has 164 valence electrons. The van der Waals surface area contributed by atoms with Gasteiger partial charge in [-0.1, -0.05) is 18.2 Å². The van der Waals surface area contributed by atoms with Gasteiger partial charge in [0.2, 0.25) is 0 Å². The maximum atomic E-state index is 13.3. The average molecular weight is 450 g/mol. The predicted molar refractivity (Wildman–Crippen MR) is 125 cm³/mol. The summed E-state index contributed by atoms with van der Waals surface area (Å²) >= 11 is 5.29. The zero-order valence-corrected chi connectivity index (χ0v) is 18.8. The van der Waals surface area contributed by atoms with Crippen LogP contribution >= 0.6 is 12.2 Å². The van der Waals surface area contributed by atoms with E-state index < -0.39 is 6.04 Å². The number of aromatic nitrogens is 4. The Bertz CT molecular complexity index is 1420. The Labute approximate surface area is 189 Å². The third kappa shape index (κ3) is 3.82. The van der Waals surface area contributed by atoms with Crippen molar-refractivity contribution in [2.24, 2.45) is 7.05 Å². The maximum absolute atomic E-state index is 13.3. The van der Waals surface area contributed by atoms with E-state index in [4.69, 9.17) is 17.0 Å². The van der Waals surface area contributed by atoms with Crippen molar-refractivity contribution in [1.82, 2.24) is 24.4 Å². The summed E-state index contributed by atoms with van der Waals surface area (Å²) < 4.78 is 9.17. The number of ether oxygens (including phenoxy) is 1. The Morgan fingerprint density at radius 3 is 2.75 bits per heavy atom. The van der Waals surface area contributed by atoms with Crippen LogP contribution in [0, 0.1) is 4.77 Å². The molecule has 0 bridgehead atoms. The van der Waals surface area contributed by atoms with Crippen LogP contribution < -0.4 is 15.6 Å². The van der Waals surface area contributed by atoms with Crippen molar-refractivity contribution in [2.75, 3.05) is 7.11 Å². The number of imidazole rings is 1. The zero-order valence-electron chi connectivity index (χ0n) is 18.0. The first-order chi connectivity index (χ1) is 15.4. The standard InChI is InChI=1S/C23H23N5O3S/c1-4-28-22(30)15-10-9-14(13-17(15)25-23(28)32)21(29)26-19(20-24-11-12-27(20)2)16-7-5-6-8-18(16)31-3/h5-13,19H,4H2,1-3H3,(H,25,32)(H,26,29)/t19-/m1/s1. The van der Waals surface area contributed by atoms with E-state index in [0.29, 0.717) is 39.4 Å². The minimum absolute atomic E-state index is 0.182. The van der Waals surface area contributed by atoms with Crippen molar-refractivity contribution in [1.29, 1.82) is 0 Å². The molecule has 1 atom stereocenters. The summed E-state index contributed by atoms with van der Waals surface area (Å²) in [7, 11) is 3.45. The van der Waals surface area contributed by atoms with Crippen molar-refractivity contribution in [3.8, 4) is 5.75 Å². The highest BCUT2D eigenvalue weighted by Crippen LogP contribution is 2.29. The summed E-state index contributed by atoms with van der Waals surface area (Å²) in [5.74, 6) is 0.988. The molecule has 32 heavy (non-hydrogen) atoms. The number of hydrogen-bond donors (Lipinski definition) is 2. The SMILES string of the molecule is CCn1c(=S)[nH]c2cc(C(=O)N[C@H](c3ccccc3OC)c3nccn3C)ccc2c1=O. The number of H-pyrrole nitrogens is 1. The molecule has 0 saturated carbocycles. The summed E-state index contributed by atoms with van der Waals surface area (Å²) in [6.45, 7) is 2.32. The van der Waals surface area contributed by atoms with E-state index in [0.717, 1.165) is 5.56 Å². The average Bonchev–Trinajstić information content (AvgIpc) is 3.22. The number of aromatic amines is 1. The zero-order chi connectivity index (χ0) is 22.8. The molecule has 0 aliphatic carbocycles. The minimum Gasteiger partial charge on any atom is -0.496 e. The molecule has 2 N–H and O–H groups in total. The molecular formula is C23H23N5O3S. The highest BCUT2D eigenvalue weighted by atomic mass is 32.1. The number of amides is 1. The van der Waals surface area contributed by atoms with Crippen LogP contribution in [0.25, 0.3) is 10.9 Å². The van der Waals surface area contributed by atoms with E-state index in [9.17, 15) is 9.59 Å². The Hall–Kier alpha value is -3.72. The number of rotatable bonds is 6. The second kappa shape index (κ2) is 8.80. The third-order valence-corrected chi connectivity index (χ3v) is 5.72. The molecule has 0 spiro atoms. The van der Waals surface area contributed by atoms with Crippen molar-refractivity contribution < 1.29 is 9.53 Å². The van der Waals surface area contributed by atoms with E-state index in [1.165, 1.54) is 4.57 Å². The molecule has 0 aliphatic rings. The van der Waals surface area contributed by atoms with Crippen LogP contribution in [0.5, 0.6) is 5.75 Å². The van der Waals surface area contributed by atoms with Gasteiger partial charge < -0.3 is 19.6 Å². The van der Waals surface area contributed by atoms with Crippen molar-refractivity contribution >= 4 is 29.0 Å². The quantitative estimate of drug-likeness (QED) is 0.441. The molecule has 4 rings (SSSR count). The lowest BCUT2D eigenvalue weighted by Gasteiger charge is -2.21. The number of aryl methyl sites for hydroxylation is 1. The normalized spacial score (nSPS) is 12.0. The van der Waals surface area contributed by atoms with E-state index in [2.05, 4.69) is 15.3 Å². The summed E-state index contributed by atoms with van der Waals surface area (Å²) in [4.78, 5) is 33.4. The number of benzene rings is 2. The number of fused-ring (bicyclic) bond motifs is 1. The number of hydrogen-bond acceptors (Lipinski definition) is 5. The smallest absolute Gasteiger partial charge is 0.262 e. The lowest BCUT2D eigenvalue weighted by molar-refractivity contribution is 0.0941. The summed E-state index contributed by atoms with van der Waals surface area (Å²) in [5, 5.41) is 3.53. The van der Waals surface area contributed by atoms with Gasteiger partial charge in [0, 0.05) is 37.1 Å². The van der Waals surface area contributed by atoms with Crippen LogP contribution in [0.3, 0.4) is 0 Å². The van der Waals surface area contributed by atoms with Crippen LogP contribution in [-0.4, -0.2) is 32.1 Å². The Morgan fingerprint density at radius 1 is 1.28 bits per heavy atom. The molecule has 8 nitrogen and oxygen atoms in total. The summed E-state index contributed by atoms with van der Waals surface area (Å²) in [5.41, 5.74) is 1.51. The minimum atomic E-state index is -0.541. The molecule has 0 aliphatic heterocycles. The summed E-state index contributed by atoms with van der Waals surface area (Å²) in [6.07, 6.45) is 3.50. The van der Waals surface area contributed by atoms with Gasteiger partial charge in [-0.05, 0) is 43.4 Å². The van der Waals surface area contributed by atoms with Gasteiger partial charge in [0.1, 0.15) is 17.6 Å². The molecule has 4 aromatic rings. The van der Waals surface area contributed by atoms with Gasteiger partial charge in [-0.25, -0.2) is 4.98 Å². The Balaban J connectivity index is 1.76. The monoisotopic (exact) mass is 449 g/mol. The van der Waals surface area contributed by atoms with Gasteiger partial charge in [-0.15, -0.1) is 0 Å². The fourth-order valence-electron chi connectivity index (χ4n) is 3.74. The number of methoxy groups -OCH3 is 1. The van der Waals surface area contributed by atoms with E-state index in [1.54, 1.807) is 31.5 Å². The number of para-hydroxylation sites is 1. The highest BCUT2D eigenvalue weighted by molar-refractivity contribution is 7.71. The number of nitrogens with one attached hydrogen (secondary N) is 2. The van der Waals surface area contributed by atoms with Gasteiger partial charge in [0.15, 0.2) is 4.77 Å². The van der Waals surface area contributed by atoms with Crippen LogP contribution in [0.2, 0.25) is 0 Å². The van der Waals surface area contributed by atoms with Gasteiger partial charge in [0.05, 0.1) is 18.0 Å². The number of nitrogens with zero attached hydrogens (tertiary/aromatic N) is 3. The summed E-state index contributed by atoms with van der Waals surface area (Å²) in [6, 6.07) is 11.9. The van der Waals surface area contributed by atoms with Crippen LogP contribution in [0.4, 0.5) is 0 Å². The highest BCUT2D eigenvalue weighted by Gasteiger charge is 2.24. The Morgan fingerprint density at radius 2 is 2.06 bits per heavy atom. The molecule has 2 aromatic heterocycles. The topological polar surface area (TPSA) is 93.9 Å². The molecule has 0 radical (unpaired) electrons. The molecule has 2 heterocycles. The largest absolute Gasteiger partial charge is 0.496 e. The van der Waals surface area contributed by atoms with E-state index >= 15 is 0 Å². The Kier molecular flexibility index (Phi) is 5.91. The van der Waals surface area contributed by atoms with Crippen molar-refractivity contribution in [3.05, 3.63) is 86.9 Å². The maximum Gasteiger partial charge on any atom is 0.262 e. The molecule has 9 heteroatoms. The fourth-order valence-corrected chi connectivity index (χ4v) is 4.06. The van der Waals surface area contributed by atoms with Crippen LogP contribution in [0.15, 0.2) is 59.7 Å². The van der Waals surface area contributed by atoms with Crippen LogP contribution in [-0.2, 0) is 13.6 Å². The molecule has 1 amide bonds. The molecule has 0 saturated heterocycles. The van der Waals surface area contributed by atoms with Gasteiger partial charge >= 0.3 is 0 Å². The van der Waals surface area contributed by atoms with Gasteiger partial charge in [-0.3, -0.25) is 14.2 Å². The van der Waals surface area contributed by atoms with Crippen LogP contribution in [0.1, 0.15) is 34.7 Å². The lowest BCUT2D eigenvalue weighted by atomic mass is 10.0. The first-order valence-electron chi connectivity index (χ1n) is 10.1. The van der Waals surface area contributed by atoms with E-state index in [1.807, 2.05) is 49.0 Å². The van der Waals surface area contributed by atoms with Gasteiger partial charge in [-0.2, -0.15) is 0 Å². The van der Waals surface area contributed by atoms with Crippen molar-refractivity contribution in [2.45, 2.75) is 19.5 Å². The lowest BCUT2D eigenvalue weighted by Crippen LogP contribution is -2.31. The molecule has 0 fully saturated rings. The molecular weight excluding hydrogens is 426 g/mol. The fraction of sp³-hybridized carbons (Fsp3) is 0.217. The third-order valence-electron chi connectivity index (χ3n) is 5.40. The second-order valence-electron chi connectivity index (χ2n) is 7.28. The van der Waals surface area contributed by atoms with E-state index in [-0.39, 0.29) is 11.5 Å².